The lowest BCUT2D eigenvalue weighted by Gasteiger charge is -2.23. The first-order chi connectivity index (χ1) is 11.0. The number of nitrogens with one attached hydrogen (secondary N) is 1. The summed E-state index contributed by atoms with van der Waals surface area (Å²) in [5.74, 6) is -1.51. The molecule has 0 saturated carbocycles. The molecule has 1 heterocycles. The zero-order valence-electron chi connectivity index (χ0n) is 12.7. The molecule has 2 rings (SSSR count). The fourth-order valence-electron chi connectivity index (χ4n) is 2.83. The molecule has 0 spiro atoms. The molecule has 6 nitrogen and oxygen atoms in total. The highest BCUT2D eigenvalue weighted by molar-refractivity contribution is 5.75. The number of carboxylic acids is 1. The Morgan fingerprint density at radius 1 is 1.35 bits per heavy atom. The van der Waals surface area contributed by atoms with Gasteiger partial charge in [0.1, 0.15) is 0 Å². The lowest BCUT2D eigenvalue weighted by Crippen LogP contribution is -2.42. The van der Waals surface area contributed by atoms with Crippen molar-refractivity contribution in [3.63, 3.8) is 0 Å². The number of hydrogen-bond donors (Lipinski definition) is 3. The van der Waals surface area contributed by atoms with Gasteiger partial charge in [-0.25, -0.2) is 9.18 Å². The van der Waals surface area contributed by atoms with Crippen molar-refractivity contribution in [2.45, 2.75) is 24.4 Å². The number of halogens is 1. The molecule has 1 aliphatic heterocycles. The molecular weight excluding hydrogens is 303 g/mol. The molecule has 2 unspecified atom stereocenters. The number of benzene rings is 1. The average molecular weight is 324 g/mol. The number of nitrogens with zero attached hydrogens (tertiary/aromatic N) is 1. The Morgan fingerprint density at radius 3 is 2.65 bits per heavy atom. The van der Waals surface area contributed by atoms with Gasteiger partial charge in [0.2, 0.25) is 0 Å². The number of amides is 2. The van der Waals surface area contributed by atoms with Crippen LogP contribution in [0.3, 0.4) is 0 Å². The highest BCUT2D eigenvalue weighted by Gasteiger charge is 2.49. The van der Waals surface area contributed by atoms with Gasteiger partial charge in [-0.2, -0.15) is 0 Å². The number of aliphatic hydroxyl groups excluding tert-OH is 1. The van der Waals surface area contributed by atoms with Crippen LogP contribution in [0.15, 0.2) is 30.3 Å². The first kappa shape index (κ1) is 17.2. The first-order valence-corrected chi connectivity index (χ1v) is 7.55. The molecular formula is C16H21FN2O4. The summed E-state index contributed by atoms with van der Waals surface area (Å²) in [5, 5.41) is 20.6. The second-order valence-electron chi connectivity index (χ2n) is 5.77. The summed E-state index contributed by atoms with van der Waals surface area (Å²) in [6, 6.07) is 8.53. The van der Waals surface area contributed by atoms with Gasteiger partial charge in [-0.3, -0.25) is 4.79 Å². The van der Waals surface area contributed by atoms with Gasteiger partial charge >= 0.3 is 12.0 Å². The second kappa shape index (κ2) is 7.41. The van der Waals surface area contributed by atoms with Gasteiger partial charge in [0.25, 0.3) is 0 Å². The molecule has 2 amide bonds. The summed E-state index contributed by atoms with van der Waals surface area (Å²) in [4.78, 5) is 23.8. The minimum Gasteiger partial charge on any atom is -0.481 e. The SMILES string of the molecule is O=C(O)CCCNC(=O)N1CC(c2ccccc2)C(F)(CO)C1. The molecule has 1 fully saturated rings. The van der Waals surface area contributed by atoms with Crippen LogP contribution >= 0.6 is 0 Å². The Hall–Kier alpha value is -2.15. The number of carbonyl (C=O) groups is 2. The number of aliphatic carboxylic acids is 1. The Morgan fingerprint density at radius 2 is 2.04 bits per heavy atom. The summed E-state index contributed by atoms with van der Waals surface area (Å²) in [6.07, 6.45) is 0.286. The Balaban J connectivity index is 1.97. The average Bonchev–Trinajstić information content (AvgIpc) is 2.90. The summed E-state index contributed by atoms with van der Waals surface area (Å²) in [7, 11) is 0. The van der Waals surface area contributed by atoms with Gasteiger partial charge < -0.3 is 20.4 Å². The smallest absolute Gasteiger partial charge is 0.317 e. The van der Waals surface area contributed by atoms with E-state index in [1.165, 1.54) is 4.90 Å². The summed E-state index contributed by atoms with van der Waals surface area (Å²) < 4.78 is 14.9. The van der Waals surface area contributed by atoms with E-state index in [9.17, 15) is 19.1 Å². The molecule has 1 aliphatic rings. The number of likely N-dealkylation sites (tertiary alicyclic amines) is 1. The minimum atomic E-state index is -1.88. The van der Waals surface area contributed by atoms with Crippen LogP contribution in [0.25, 0.3) is 0 Å². The van der Waals surface area contributed by atoms with Crippen LogP contribution in [0.5, 0.6) is 0 Å². The fourth-order valence-corrected chi connectivity index (χ4v) is 2.83. The lowest BCUT2D eigenvalue weighted by molar-refractivity contribution is -0.137. The highest BCUT2D eigenvalue weighted by atomic mass is 19.1. The maximum Gasteiger partial charge on any atom is 0.317 e. The van der Waals surface area contributed by atoms with Crippen molar-refractivity contribution >= 4 is 12.0 Å². The maximum atomic E-state index is 14.9. The molecule has 23 heavy (non-hydrogen) atoms. The van der Waals surface area contributed by atoms with Gasteiger partial charge in [-0.1, -0.05) is 30.3 Å². The number of aliphatic hydroxyl groups is 1. The van der Waals surface area contributed by atoms with Crippen molar-refractivity contribution in [1.82, 2.24) is 10.2 Å². The van der Waals surface area contributed by atoms with Crippen molar-refractivity contribution in [1.29, 1.82) is 0 Å². The van der Waals surface area contributed by atoms with E-state index in [0.717, 1.165) is 5.56 Å². The van der Waals surface area contributed by atoms with E-state index in [1.54, 1.807) is 24.3 Å². The molecule has 1 saturated heterocycles. The zero-order chi connectivity index (χ0) is 16.9. The number of rotatable bonds is 6. The van der Waals surface area contributed by atoms with Gasteiger partial charge in [0.05, 0.1) is 13.2 Å². The third kappa shape index (κ3) is 4.19. The fraction of sp³-hybridized carbons (Fsp3) is 0.500. The highest BCUT2D eigenvalue weighted by Crippen LogP contribution is 2.38. The molecule has 0 bridgehead atoms. The monoisotopic (exact) mass is 324 g/mol. The van der Waals surface area contributed by atoms with E-state index in [0.29, 0.717) is 6.42 Å². The topological polar surface area (TPSA) is 89.9 Å². The third-order valence-electron chi connectivity index (χ3n) is 4.08. The van der Waals surface area contributed by atoms with Crippen LogP contribution in [0.2, 0.25) is 0 Å². The van der Waals surface area contributed by atoms with Crippen molar-refractivity contribution in [2.75, 3.05) is 26.2 Å². The summed E-state index contributed by atoms with van der Waals surface area (Å²) >= 11 is 0. The Labute approximate surface area is 133 Å². The second-order valence-corrected chi connectivity index (χ2v) is 5.77. The van der Waals surface area contributed by atoms with Crippen LogP contribution in [0.4, 0.5) is 9.18 Å². The molecule has 2 atom stereocenters. The van der Waals surface area contributed by atoms with Crippen molar-refractivity contribution in [3.05, 3.63) is 35.9 Å². The molecule has 3 N–H and O–H groups in total. The van der Waals surface area contributed by atoms with Crippen LogP contribution in [0, 0.1) is 0 Å². The number of urea groups is 1. The summed E-state index contributed by atoms with van der Waals surface area (Å²) in [5.41, 5.74) is -1.13. The third-order valence-corrected chi connectivity index (χ3v) is 4.08. The molecule has 7 heteroatoms. The largest absolute Gasteiger partial charge is 0.481 e. The minimum absolute atomic E-state index is 0.0311. The zero-order valence-corrected chi connectivity index (χ0v) is 12.7. The van der Waals surface area contributed by atoms with Crippen LogP contribution in [0.1, 0.15) is 24.3 Å². The maximum absolute atomic E-state index is 14.9. The normalized spacial score (nSPS) is 23.7. The number of alkyl halides is 1. The van der Waals surface area contributed by atoms with Gasteiger partial charge in [-0.05, 0) is 12.0 Å². The molecule has 1 aromatic rings. The van der Waals surface area contributed by atoms with E-state index < -0.39 is 30.2 Å². The lowest BCUT2D eigenvalue weighted by atomic mass is 9.87. The quantitative estimate of drug-likeness (QED) is 0.689. The molecule has 0 radical (unpaired) electrons. The van der Waals surface area contributed by atoms with Crippen LogP contribution in [-0.4, -0.2) is 59.0 Å². The van der Waals surface area contributed by atoms with Gasteiger partial charge in [-0.15, -0.1) is 0 Å². The molecule has 0 aliphatic carbocycles. The molecule has 0 aromatic heterocycles. The molecule has 1 aromatic carbocycles. The standard InChI is InChI=1S/C16H21FN2O4/c17-16(11-20)10-19(15(23)18-8-4-7-14(21)22)9-13(16)12-5-2-1-3-6-12/h1-3,5-6,13,20H,4,7-11H2,(H,18,23)(H,21,22). The van der Waals surface area contributed by atoms with E-state index in [4.69, 9.17) is 5.11 Å². The van der Waals surface area contributed by atoms with E-state index >= 15 is 0 Å². The van der Waals surface area contributed by atoms with Crippen LogP contribution in [-0.2, 0) is 4.79 Å². The van der Waals surface area contributed by atoms with Crippen molar-refractivity contribution in [2.24, 2.45) is 0 Å². The van der Waals surface area contributed by atoms with Crippen molar-refractivity contribution in [3.8, 4) is 0 Å². The first-order valence-electron chi connectivity index (χ1n) is 7.55. The summed E-state index contributed by atoms with van der Waals surface area (Å²) in [6.45, 7) is -0.453. The van der Waals surface area contributed by atoms with E-state index in [1.807, 2.05) is 6.07 Å². The van der Waals surface area contributed by atoms with Crippen molar-refractivity contribution < 1.29 is 24.2 Å². The van der Waals surface area contributed by atoms with Crippen LogP contribution < -0.4 is 5.32 Å². The predicted molar refractivity (Wildman–Crippen MR) is 81.9 cm³/mol. The van der Waals surface area contributed by atoms with E-state index in [-0.39, 0.29) is 26.1 Å². The Bertz CT molecular complexity index is 554. The van der Waals surface area contributed by atoms with Gasteiger partial charge in [0.15, 0.2) is 5.67 Å². The Kier molecular flexibility index (Phi) is 5.54. The molecule has 126 valence electrons. The number of carbonyl (C=O) groups excluding carboxylic acids is 1. The number of carboxylic acid groups (broad SMARTS) is 1. The van der Waals surface area contributed by atoms with Gasteiger partial charge in [0, 0.05) is 25.4 Å². The number of hydrogen-bond acceptors (Lipinski definition) is 3. The van der Waals surface area contributed by atoms with E-state index in [2.05, 4.69) is 5.32 Å². The predicted octanol–water partition coefficient (Wildman–Crippen LogP) is 1.36.